The van der Waals surface area contributed by atoms with Gasteiger partial charge in [-0.3, -0.25) is 0 Å². The van der Waals surface area contributed by atoms with Gasteiger partial charge in [-0.15, -0.1) is 0 Å². The van der Waals surface area contributed by atoms with Crippen molar-refractivity contribution in [1.82, 2.24) is 0 Å². The van der Waals surface area contributed by atoms with Crippen molar-refractivity contribution in [3.05, 3.63) is 58.7 Å². The van der Waals surface area contributed by atoms with Gasteiger partial charge in [0, 0.05) is 11.4 Å². The number of rotatable bonds is 9. The summed E-state index contributed by atoms with van der Waals surface area (Å²) in [5, 5.41) is 0. The summed E-state index contributed by atoms with van der Waals surface area (Å²) in [4.78, 5) is 15.9. The molecule has 0 fully saturated rings. The average molecular weight is 485 g/mol. The SMILES string of the molecule is CC(C)c1cccc(C(C)C)c1N[Si](C)(C)N(c1c(C(C)C)cccc1C(C)C)[Si](C)(C)O. The van der Waals surface area contributed by atoms with E-state index >= 15 is 0 Å². The Morgan fingerprint density at radius 3 is 1.27 bits per heavy atom. The van der Waals surface area contributed by atoms with Crippen LogP contribution >= 0.6 is 0 Å². The van der Waals surface area contributed by atoms with Crippen LogP contribution in [0.5, 0.6) is 0 Å². The van der Waals surface area contributed by atoms with E-state index in [9.17, 15) is 4.80 Å². The van der Waals surface area contributed by atoms with Crippen molar-refractivity contribution < 1.29 is 4.80 Å². The Morgan fingerprint density at radius 2 is 0.970 bits per heavy atom. The zero-order valence-electron chi connectivity index (χ0n) is 23.2. The second-order valence-corrected chi connectivity index (χ2v) is 19.4. The Balaban J connectivity index is 2.80. The Kier molecular flexibility index (Phi) is 8.69. The standard InChI is InChI=1S/C28H48N2OSi2/c1-19(2)23-15-13-16-24(20(3)4)27(23)29-32(9,10)30(33(11,12)31)28-25(21(5)6)17-14-18-26(28)22(7)8/h13-22,29,31H,1-12H3. The Labute approximate surface area is 206 Å². The summed E-state index contributed by atoms with van der Waals surface area (Å²) in [5.74, 6) is 1.63. The lowest BCUT2D eigenvalue weighted by Gasteiger charge is -2.48. The molecule has 2 rings (SSSR count). The van der Waals surface area contributed by atoms with E-state index in [1.54, 1.807) is 0 Å². The number of nitrogens with zero attached hydrogens (tertiary/aromatic N) is 1. The number of benzene rings is 2. The number of hydrogen-bond acceptors (Lipinski definition) is 3. The first-order chi connectivity index (χ1) is 15.1. The molecule has 0 spiro atoms. The Bertz CT molecular complexity index is 891. The van der Waals surface area contributed by atoms with E-state index in [4.69, 9.17) is 0 Å². The fraction of sp³-hybridized carbons (Fsp3) is 0.571. The average Bonchev–Trinajstić information content (AvgIpc) is 2.65. The molecule has 0 radical (unpaired) electrons. The summed E-state index contributed by atoms with van der Waals surface area (Å²) in [7, 11) is -5.09. The predicted octanol–water partition coefficient (Wildman–Crippen LogP) is 8.49. The molecule has 0 aliphatic carbocycles. The molecule has 0 bridgehead atoms. The first kappa shape index (κ1) is 27.7. The summed E-state index contributed by atoms with van der Waals surface area (Å²) in [6.45, 7) is 27.0. The Hall–Kier alpha value is -1.57. The van der Waals surface area contributed by atoms with Crippen molar-refractivity contribution in [2.24, 2.45) is 0 Å². The Morgan fingerprint density at radius 1 is 0.636 bits per heavy atom. The largest absolute Gasteiger partial charge is 0.416 e. The van der Waals surface area contributed by atoms with Crippen LogP contribution in [0.3, 0.4) is 0 Å². The quantitative estimate of drug-likeness (QED) is 0.350. The summed E-state index contributed by atoms with van der Waals surface area (Å²) in [5.41, 5.74) is 7.93. The minimum absolute atomic E-state index is 0.386. The van der Waals surface area contributed by atoms with Gasteiger partial charge < -0.3 is 14.0 Å². The van der Waals surface area contributed by atoms with E-state index in [2.05, 4.69) is 127 Å². The van der Waals surface area contributed by atoms with Gasteiger partial charge in [0.25, 0.3) is 8.48 Å². The number of para-hydroxylation sites is 2. The van der Waals surface area contributed by atoms with E-state index in [0.29, 0.717) is 23.7 Å². The van der Waals surface area contributed by atoms with E-state index < -0.39 is 16.9 Å². The highest BCUT2D eigenvalue weighted by atomic mass is 28.4. The molecule has 3 nitrogen and oxygen atoms in total. The summed E-state index contributed by atoms with van der Waals surface area (Å²) >= 11 is 0. The van der Waals surface area contributed by atoms with Gasteiger partial charge in [0.05, 0.1) is 0 Å². The van der Waals surface area contributed by atoms with Crippen LogP contribution in [0.2, 0.25) is 26.2 Å². The third-order valence-electron chi connectivity index (χ3n) is 6.48. The van der Waals surface area contributed by atoms with Gasteiger partial charge in [0.1, 0.15) is 0 Å². The molecule has 0 aliphatic rings. The summed E-state index contributed by atoms with van der Waals surface area (Å²) in [6.07, 6.45) is 0. The third-order valence-corrected chi connectivity index (χ3v) is 13.3. The highest BCUT2D eigenvalue weighted by molar-refractivity contribution is 6.99. The second kappa shape index (κ2) is 10.4. The van der Waals surface area contributed by atoms with Crippen molar-refractivity contribution in [2.45, 2.75) is 105 Å². The van der Waals surface area contributed by atoms with E-state index in [1.165, 1.54) is 33.6 Å². The molecule has 0 aliphatic heterocycles. The van der Waals surface area contributed by atoms with Crippen LogP contribution in [0.1, 0.15) is 101 Å². The van der Waals surface area contributed by atoms with Crippen molar-refractivity contribution in [1.29, 1.82) is 0 Å². The molecule has 0 unspecified atom stereocenters. The normalized spacial score (nSPS) is 12.9. The highest BCUT2D eigenvalue weighted by Crippen LogP contribution is 2.41. The van der Waals surface area contributed by atoms with Crippen LogP contribution in [-0.4, -0.2) is 21.7 Å². The van der Waals surface area contributed by atoms with Crippen molar-refractivity contribution in [3.63, 3.8) is 0 Å². The van der Waals surface area contributed by atoms with Gasteiger partial charge in [-0.05, 0) is 72.1 Å². The molecule has 2 N–H and O–H groups in total. The first-order valence-electron chi connectivity index (χ1n) is 12.7. The van der Waals surface area contributed by atoms with Gasteiger partial charge in [0.15, 0.2) is 0 Å². The third kappa shape index (κ3) is 6.11. The second-order valence-electron chi connectivity index (χ2n) is 11.7. The maximum absolute atomic E-state index is 11.8. The molecule has 0 amide bonds. The smallest absolute Gasteiger partial charge is 0.284 e. The number of hydrogen-bond donors (Lipinski definition) is 2. The molecule has 2 aromatic rings. The van der Waals surface area contributed by atoms with E-state index in [0.717, 1.165) is 0 Å². The molecule has 0 aromatic heterocycles. The van der Waals surface area contributed by atoms with Crippen LogP contribution in [0.15, 0.2) is 36.4 Å². The molecule has 5 heteroatoms. The van der Waals surface area contributed by atoms with Gasteiger partial charge in [-0.25, -0.2) is 0 Å². The maximum atomic E-state index is 11.8. The van der Waals surface area contributed by atoms with Crippen LogP contribution in [0.4, 0.5) is 11.4 Å². The highest BCUT2D eigenvalue weighted by Gasteiger charge is 2.44. The zero-order valence-corrected chi connectivity index (χ0v) is 25.2. The summed E-state index contributed by atoms with van der Waals surface area (Å²) < 4.78 is 2.48. The van der Waals surface area contributed by atoms with Gasteiger partial charge >= 0.3 is 0 Å². The molecule has 0 atom stereocenters. The number of anilines is 2. The molecular formula is C28H48N2OSi2. The molecule has 0 saturated carbocycles. The van der Waals surface area contributed by atoms with Crippen LogP contribution in [0.25, 0.3) is 0 Å². The van der Waals surface area contributed by atoms with E-state index in [1.807, 2.05) is 0 Å². The molecule has 0 saturated heterocycles. The van der Waals surface area contributed by atoms with Crippen LogP contribution < -0.4 is 9.21 Å². The van der Waals surface area contributed by atoms with Crippen molar-refractivity contribution >= 4 is 28.3 Å². The zero-order chi connectivity index (χ0) is 25.3. The van der Waals surface area contributed by atoms with Crippen molar-refractivity contribution in [2.75, 3.05) is 9.21 Å². The molecular weight excluding hydrogens is 436 g/mol. The van der Waals surface area contributed by atoms with Crippen LogP contribution in [0, 0.1) is 0 Å². The topological polar surface area (TPSA) is 35.5 Å². The summed E-state index contributed by atoms with van der Waals surface area (Å²) in [6, 6.07) is 13.4. The van der Waals surface area contributed by atoms with Gasteiger partial charge in [-0.2, -0.15) is 0 Å². The van der Waals surface area contributed by atoms with Gasteiger partial charge in [-0.1, -0.05) is 91.8 Å². The first-order valence-corrected chi connectivity index (χ1v) is 18.5. The van der Waals surface area contributed by atoms with E-state index in [-0.39, 0.29) is 0 Å². The fourth-order valence-corrected chi connectivity index (χ4v) is 13.3. The molecule has 33 heavy (non-hydrogen) atoms. The van der Waals surface area contributed by atoms with Crippen molar-refractivity contribution in [3.8, 4) is 0 Å². The lowest BCUT2D eigenvalue weighted by Crippen LogP contribution is -2.67. The minimum atomic E-state index is -2.73. The monoisotopic (exact) mass is 484 g/mol. The lowest BCUT2D eigenvalue weighted by molar-refractivity contribution is 0.551. The molecule has 2 aromatic carbocycles. The predicted molar refractivity (Wildman–Crippen MR) is 153 cm³/mol. The minimum Gasteiger partial charge on any atom is -0.416 e. The van der Waals surface area contributed by atoms with Gasteiger partial charge in [0.2, 0.25) is 8.40 Å². The van der Waals surface area contributed by atoms with Crippen LogP contribution in [-0.2, 0) is 0 Å². The molecule has 184 valence electrons. The molecule has 0 heterocycles. The lowest BCUT2D eigenvalue weighted by atomic mass is 9.93. The fourth-order valence-electron chi connectivity index (χ4n) is 5.06. The number of nitrogens with one attached hydrogen (secondary N) is 1. The maximum Gasteiger partial charge on any atom is 0.284 e.